The second-order valence-electron chi connectivity index (χ2n) is 14.9. The van der Waals surface area contributed by atoms with E-state index in [1.807, 2.05) is 54.7 Å². The molecule has 0 radical (unpaired) electrons. The van der Waals surface area contributed by atoms with Gasteiger partial charge in [0.25, 0.3) is 6.23 Å². The number of hydrogen-bond acceptors (Lipinski definition) is 8. The van der Waals surface area contributed by atoms with E-state index < -0.39 is 18.4 Å². The van der Waals surface area contributed by atoms with Crippen LogP contribution >= 0.6 is 0 Å². The zero-order valence-electron chi connectivity index (χ0n) is 31.5. The molecule has 2 bridgehead atoms. The van der Waals surface area contributed by atoms with Gasteiger partial charge in [0.2, 0.25) is 0 Å². The lowest BCUT2D eigenvalue weighted by atomic mass is 9.92. The number of nitrogens with two attached hydrogens (primary N) is 1. The molecule has 4 aliphatic rings. The molecular weight excluding hydrogens is 689 g/mol. The summed E-state index contributed by atoms with van der Waals surface area (Å²) in [5, 5.41) is 25.4. The summed E-state index contributed by atoms with van der Waals surface area (Å²) in [5.41, 5.74) is 14.6. The van der Waals surface area contributed by atoms with Crippen LogP contribution < -0.4 is 25.4 Å². The van der Waals surface area contributed by atoms with Crippen molar-refractivity contribution in [1.82, 2.24) is 5.32 Å². The van der Waals surface area contributed by atoms with Gasteiger partial charge in [0.05, 0.1) is 12.3 Å². The quantitative estimate of drug-likeness (QED) is 0.0914. The lowest BCUT2D eigenvalue weighted by Gasteiger charge is -2.28. The fourth-order valence-corrected chi connectivity index (χ4v) is 7.70. The largest absolute Gasteiger partial charge is 0.437 e. The number of Topliss-reactive ketones (excluding diaryl/α,β-unsaturated/α-hetero) is 1. The zero-order chi connectivity index (χ0) is 38.1. The summed E-state index contributed by atoms with van der Waals surface area (Å²) in [6.07, 6.45) is 11.0. The van der Waals surface area contributed by atoms with E-state index >= 15 is 0 Å². The average Bonchev–Trinajstić information content (AvgIpc) is 3.79. The molecule has 0 fully saturated rings. The van der Waals surface area contributed by atoms with Gasteiger partial charge in [-0.05, 0) is 71.2 Å². The Morgan fingerprint density at radius 2 is 1.93 bits per heavy atom. The fourth-order valence-electron chi connectivity index (χ4n) is 7.70. The Morgan fingerprint density at radius 1 is 1.05 bits per heavy atom. The number of aliphatic hydroxyl groups excluding tert-OH is 2. The zero-order valence-corrected chi connectivity index (χ0v) is 31.5. The lowest BCUT2D eigenvalue weighted by molar-refractivity contribution is -0.889. The molecule has 3 aromatic rings. The molecule has 284 valence electrons. The van der Waals surface area contributed by atoms with Gasteiger partial charge in [0.1, 0.15) is 42.4 Å². The number of ether oxygens (including phenoxy) is 2. The molecule has 7 rings (SSSR count). The average molecular weight is 740 g/mol. The van der Waals surface area contributed by atoms with Gasteiger partial charge >= 0.3 is 0 Å². The molecule has 4 heterocycles. The van der Waals surface area contributed by atoms with Crippen molar-refractivity contribution in [3.63, 3.8) is 0 Å². The number of quaternary nitrogens is 1. The van der Waals surface area contributed by atoms with Crippen LogP contribution in [0.3, 0.4) is 0 Å². The third kappa shape index (κ3) is 9.63. The molecule has 6 N–H and O–H groups in total. The maximum atomic E-state index is 12.7. The van der Waals surface area contributed by atoms with Crippen LogP contribution in [0.5, 0.6) is 11.5 Å². The summed E-state index contributed by atoms with van der Waals surface area (Å²) < 4.78 is 12.7. The molecule has 0 aromatic heterocycles. The van der Waals surface area contributed by atoms with Crippen LogP contribution in [0, 0.1) is 29.8 Å². The van der Waals surface area contributed by atoms with Crippen LogP contribution in [0.25, 0.3) is 0 Å². The lowest BCUT2D eigenvalue weighted by Crippen LogP contribution is -3.12. The highest BCUT2D eigenvalue weighted by Gasteiger charge is 2.40. The predicted molar refractivity (Wildman–Crippen MR) is 213 cm³/mol. The summed E-state index contributed by atoms with van der Waals surface area (Å²) >= 11 is 0. The van der Waals surface area contributed by atoms with Gasteiger partial charge in [-0.3, -0.25) is 20.0 Å². The number of aryl methyl sites for hydroxylation is 1. The van der Waals surface area contributed by atoms with E-state index in [2.05, 4.69) is 60.5 Å². The number of aliphatic imine (C=N–C) groups is 1. The van der Waals surface area contributed by atoms with Crippen LogP contribution in [0.15, 0.2) is 94.8 Å². The number of benzene rings is 3. The van der Waals surface area contributed by atoms with Gasteiger partial charge in [0.15, 0.2) is 11.5 Å². The maximum absolute atomic E-state index is 12.7. The number of unbranched alkanes of at least 4 members (excludes halogenated alkanes) is 2. The molecule has 6 atom stereocenters. The highest BCUT2D eigenvalue weighted by atomic mass is 16.5. The van der Waals surface area contributed by atoms with Crippen molar-refractivity contribution in [2.45, 2.75) is 95.7 Å². The summed E-state index contributed by atoms with van der Waals surface area (Å²) in [5.74, 6) is 10.4. The van der Waals surface area contributed by atoms with E-state index in [1.165, 1.54) is 5.56 Å². The first-order valence-corrected chi connectivity index (χ1v) is 19.7. The number of allylic oxidation sites excluding steroid dienone is 1. The molecule has 0 amide bonds. The van der Waals surface area contributed by atoms with Crippen molar-refractivity contribution in [3.8, 4) is 35.4 Å². The van der Waals surface area contributed by atoms with E-state index in [4.69, 9.17) is 20.2 Å². The van der Waals surface area contributed by atoms with Crippen LogP contribution in [0.1, 0.15) is 92.0 Å². The Hall–Kier alpha value is -5.00. The Morgan fingerprint density at radius 3 is 2.78 bits per heavy atom. The Bertz CT molecular complexity index is 2090. The highest BCUT2D eigenvalue weighted by molar-refractivity contribution is 5.87. The van der Waals surface area contributed by atoms with Crippen molar-refractivity contribution in [3.05, 3.63) is 118 Å². The first-order chi connectivity index (χ1) is 26.8. The van der Waals surface area contributed by atoms with E-state index in [-0.39, 0.29) is 24.3 Å². The van der Waals surface area contributed by atoms with E-state index in [0.29, 0.717) is 50.1 Å². The van der Waals surface area contributed by atoms with Crippen molar-refractivity contribution in [2.24, 2.45) is 16.6 Å². The minimum atomic E-state index is -1.04. The smallest absolute Gasteiger partial charge is 0.251 e. The van der Waals surface area contributed by atoms with Crippen molar-refractivity contribution >= 4 is 12.0 Å². The van der Waals surface area contributed by atoms with Gasteiger partial charge in [-0.2, -0.15) is 0 Å². The number of carbonyl (C=O) groups is 1. The third-order valence-electron chi connectivity index (χ3n) is 10.8. The number of hydrogen-bond donors (Lipinski definition) is 5. The molecule has 55 heavy (non-hydrogen) atoms. The first-order valence-electron chi connectivity index (χ1n) is 19.7. The predicted octanol–water partition coefficient (Wildman–Crippen LogP) is 4.79. The number of aliphatic hydroxyl groups is 2. The summed E-state index contributed by atoms with van der Waals surface area (Å²) in [6, 6.07) is 22.0. The molecule has 0 aliphatic carbocycles. The molecule has 4 aliphatic heterocycles. The van der Waals surface area contributed by atoms with Crippen molar-refractivity contribution in [1.29, 1.82) is 0 Å². The molecule has 0 spiro atoms. The van der Waals surface area contributed by atoms with Gasteiger partial charge in [-0.1, -0.05) is 98.5 Å². The van der Waals surface area contributed by atoms with Crippen LogP contribution in [0.4, 0.5) is 0 Å². The standard InChI is InChI=1S/C46H50N4O5/c1-2-3-5-12-37(51)27-38(52)17-13-32-14-20-43-44(24-32)55-46-33(11-8-23-54-43)16-19-42(53)39-18-15-34(45(47)48-22-21-31-9-6-4-7-10-31)25-35(39)26-36-28-49-41-30-50(46)29-40(36)41/h4,6-7,9-10,14-15,18,20,24-25,28,30,33,37,42,45-46,48,51,53H,2-3,5,11-13,17,21-22,26-27,29,47H2,1H3/p+1. The molecule has 9 heteroatoms. The number of carbonyl (C=O) groups excluding carboxylic acids is 1. The molecule has 0 saturated carbocycles. The summed E-state index contributed by atoms with van der Waals surface area (Å²) in [4.78, 5) is 18.6. The molecular formula is C46H51N4O5+. The number of rotatable bonds is 14. The fraction of sp³-hybridized carbons (Fsp3) is 0.391. The Labute approximate surface area is 324 Å². The highest BCUT2D eigenvalue weighted by Crippen LogP contribution is 2.34. The molecule has 9 nitrogen and oxygen atoms in total. The minimum Gasteiger partial charge on any atom is -0.437 e. The van der Waals surface area contributed by atoms with E-state index in [0.717, 1.165) is 76.2 Å². The van der Waals surface area contributed by atoms with E-state index in [9.17, 15) is 15.0 Å². The monoisotopic (exact) mass is 739 g/mol. The van der Waals surface area contributed by atoms with Gasteiger partial charge in [-0.15, -0.1) is 0 Å². The van der Waals surface area contributed by atoms with Crippen LogP contribution in [-0.2, 0) is 24.1 Å². The van der Waals surface area contributed by atoms with Gasteiger partial charge in [0, 0.05) is 37.6 Å². The molecule has 3 aromatic carbocycles. The first kappa shape index (κ1) is 38.3. The van der Waals surface area contributed by atoms with Crippen molar-refractivity contribution in [2.75, 3.05) is 13.1 Å². The topological polar surface area (TPSA) is 131 Å². The van der Waals surface area contributed by atoms with Crippen LogP contribution in [0.2, 0.25) is 0 Å². The second-order valence-corrected chi connectivity index (χ2v) is 14.9. The number of fused-ring (bicyclic) bond motifs is 5. The van der Waals surface area contributed by atoms with Crippen molar-refractivity contribution < 1.29 is 29.4 Å². The van der Waals surface area contributed by atoms with Gasteiger partial charge in [-0.25, -0.2) is 0 Å². The SMILES string of the molecule is CCCCCC(O)CC(=O)CCc1ccc2c(c1)OC1C(C#CC(O)c3ccc(C(N)NCCc4ccccc4)cc3CC3=C4C[NH+]1C=C4N=C3)CC#CO2. The van der Waals surface area contributed by atoms with E-state index in [1.54, 1.807) is 0 Å². The Balaban J connectivity index is 1.11. The molecule has 6 unspecified atom stereocenters. The number of nitrogens with one attached hydrogen (secondary N) is 2. The Kier molecular flexibility index (Phi) is 12.6. The summed E-state index contributed by atoms with van der Waals surface area (Å²) in [6.45, 7) is 3.52. The van der Waals surface area contributed by atoms with Crippen LogP contribution in [-0.4, -0.2) is 47.6 Å². The van der Waals surface area contributed by atoms with Gasteiger partial charge < -0.3 is 25.4 Å². The second kappa shape index (κ2) is 18.1. The maximum Gasteiger partial charge on any atom is 0.251 e. The minimum absolute atomic E-state index is 0.0456. The molecule has 0 saturated heterocycles. The number of ketones is 1. The summed E-state index contributed by atoms with van der Waals surface area (Å²) in [7, 11) is 0. The number of nitrogens with zero attached hydrogens (tertiary/aromatic N) is 1. The normalized spacial score (nSPS) is 21.8. The third-order valence-corrected chi connectivity index (χ3v) is 10.8.